The van der Waals surface area contributed by atoms with Gasteiger partial charge in [-0.15, -0.1) is 11.3 Å². The summed E-state index contributed by atoms with van der Waals surface area (Å²) >= 11 is 4.87. The lowest BCUT2D eigenvalue weighted by Crippen LogP contribution is -2.23. The van der Waals surface area contributed by atoms with Gasteiger partial charge in [0.15, 0.2) is 0 Å². The molecule has 20 heavy (non-hydrogen) atoms. The SMILES string of the molecule is Cc1c(C(=O)NCc2cc(Br)cs2)cccc1[N+](=O)[O-]. The first-order valence-electron chi connectivity index (χ1n) is 5.74. The average Bonchev–Trinajstić information content (AvgIpc) is 2.81. The number of halogens is 1. The van der Waals surface area contributed by atoms with E-state index in [2.05, 4.69) is 21.2 Å². The fraction of sp³-hybridized carbons (Fsp3) is 0.154. The van der Waals surface area contributed by atoms with E-state index in [1.54, 1.807) is 13.0 Å². The molecule has 0 unspecified atom stereocenters. The molecule has 0 aliphatic carbocycles. The maximum atomic E-state index is 12.1. The van der Waals surface area contributed by atoms with Gasteiger partial charge in [-0.2, -0.15) is 0 Å². The molecule has 0 aliphatic heterocycles. The van der Waals surface area contributed by atoms with Crippen LogP contribution in [0.3, 0.4) is 0 Å². The van der Waals surface area contributed by atoms with Crippen molar-refractivity contribution in [3.05, 3.63) is 60.2 Å². The summed E-state index contributed by atoms with van der Waals surface area (Å²) in [6.45, 7) is 1.98. The van der Waals surface area contributed by atoms with Crippen molar-refractivity contribution in [3.63, 3.8) is 0 Å². The second-order valence-electron chi connectivity index (χ2n) is 4.12. The number of amides is 1. The number of carbonyl (C=O) groups excluding carboxylic acids is 1. The summed E-state index contributed by atoms with van der Waals surface area (Å²) in [4.78, 5) is 23.5. The topological polar surface area (TPSA) is 72.2 Å². The van der Waals surface area contributed by atoms with Gasteiger partial charge in [0.2, 0.25) is 0 Å². The minimum absolute atomic E-state index is 0.0449. The van der Waals surface area contributed by atoms with E-state index in [1.165, 1.54) is 23.5 Å². The Morgan fingerprint density at radius 1 is 1.50 bits per heavy atom. The number of nitro benzene ring substituents is 1. The Labute approximate surface area is 127 Å². The van der Waals surface area contributed by atoms with Crippen molar-refractivity contribution in [2.75, 3.05) is 0 Å². The summed E-state index contributed by atoms with van der Waals surface area (Å²) in [6, 6.07) is 6.41. The lowest BCUT2D eigenvalue weighted by molar-refractivity contribution is -0.385. The normalized spacial score (nSPS) is 10.3. The molecule has 0 spiro atoms. The molecular weight excluding hydrogens is 344 g/mol. The number of carbonyl (C=O) groups is 1. The van der Waals surface area contributed by atoms with Crippen molar-refractivity contribution in [1.29, 1.82) is 0 Å². The molecular formula is C13H11BrN2O3S. The van der Waals surface area contributed by atoms with Gasteiger partial charge in [-0.1, -0.05) is 6.07 Å². The summed E-state index contributed by atoms with van der Waals surface area (Å²) in [5.74, 6) is -0.310. The highest BCUT2D eigenvalue weighted by Crippen LogP contribution is 2.22. The highest BCUT2D eigenvalue weighted by Gasteiger charge is 2.17. The predicted octanol–water partition coefficient (Wildman–Crippen LogP) is 3.66. The van der Waals surface area contributed by atoms with E-state index in [0.717, 1.165) is 9.35 Å². The number of nitrogens with one attached hydrogen (secondary N) is 1. The number of hydrogen-bond acceptors (Lipinski definition) is 4. The number of rotatable bonds is 4. The van der Waals surface area contributed by atoms with E-state index in [1.807, 2.05) is 11.4 Å². The molecule has 5 nitrogen and oxygen atoms in total. The van der Waals surface area contributed by atoms with E-state index in [0.29, 0.717) is 17.7 Å². The summed E-state index contributed by atoms with van der Waals surface area (Å²) in [6.07, 6.45) is 0. The zero-order valence-electron chi connectivity index (χ0n) is 10.6. The molecule has 104 valence electrons. The van der Waals surface area contributed by atoms with Crippen LogP contribution in [0.15, 0.2) is 34.1 Å². The molecule has 0 aliphatic rings. The minimum atomic E-state index is -0.484. The van der Waals surface area contributed by atoms with Gasteiger partial charge in [0.1, 0.15) is 0 Å². The number of nitrogens with zero attached hydrogens (tertiary/aromatic N) is 1. The minimum Gasteiger partial charge on any atom is -0.347 e. The van der Waals surface area contributed by atoms with Crippen LogP contribution in [0.2, 0.25) is 0 Å². The van der Waals surface area contributed by atoms with Gasteiger partial charge in [0.25, 0.3) is 11.6 Å². The van der Waals surface area contributed by atoms with Crippen LogP contribution in [-0.2, 0) is 6.54 Å². The van der Waals surface area contributed by atoms with Crippen molar-refractivity contribution < 1.29 is 9.72 Å². The first kappa shape index (κ1) is 14.7. The Morgan fingerprint density at radius 2 is 2.25 bits per heavy atom. The standard InChI is InChI=1S/C13H11BrN2O3S/c1-8-11(3-2-4-12(8)16(18)19)13(17)15-6-10-5-9(14)7-20-10/h2-5,7H,6H2,1H3,(H,15,17). The van der Waals surface area contributed by atoms with Gasteiger partial charge in [-0.05, 0) is 35.0 Å². The van der Waals surface area contributed by atoms with E-state index >= 15 is 0 Å². The van der Waals surface area contributed by atoms with Crippen molar-refractivity contribution in [2.45, 2.75) is 13.5 Å². The lowest BCUT2D eigenvalue weighted by Gasteiger charge is -2.07. The van der Waals surface area contributed by atoms with E-state index in [-0.39, 0.29) is 11.6 Å². The summed E-state index contributed by atoms with van der Waals surface area (Å²) in [5, 5.41) is 15.5. The van der Waals surface area contributed by atoms with Crippen molar-refractivity contribution in [3.8, 4) is 0 Å². The van der Waals surface area contributed by atoms with E-state index < -0.39 is 4.92 Å². The Morgan fingerprint density at radius 3 is 2.85 bits per heavy atom. The van der Waals surface area contributed by atoms with Gasteiger partial charge in [-0.3, -0.25) is 14.9 Å². The van der Waals surface area contributed by atoms with Crippen LogP contribution in [0.5, 0.6) is 0 Å². The van der Waals surface area contributed by atoms with Crippen molar-refractivity contribution in [1.82, 2.24) is 5.32 Å². The smallest absolute Gasteiger partial charge is 0.273 e. The van der Waals surface area contributed by atoms with Gasteiger partial charge < -0.3 is 5.32 Å². The summed E-state index contributed by atoms with van der Waals surface area (Å²) in [5.41, 5.74) is 0.661. The van der Waals surface area contributed by atoms with Crippen LogP contribution in [0, 0.1) is 17.0 Å². The first-order chi connectivity index (χ1) is 9.49. The van der Waals surface area contributed by atoms with Gasteiger partial charge >= 0.3 is 0 Å². The van der Waals surface area contributed by atoms with Crippen molar-refractivity contribution in [2.24, 2.45) is 0 Å². The Balaban J connectivity index is 2.13. The van der Waals surface area contributed by atoms with Crippen LogP contribution in [0.4, 0.5) is 5.69 Å². The largest absolute Gasteiger partial charge is 0.347 e. The fourth-order valence-electron chi connectivity index (χ4n) is 1.78. The number of thiophene rings is 1. The van der Waals surface area contributed by atoms with Crippen LogP contribution in [0.1, 0.15) is 20.8 Å². The number of hydrogen-bond donors (Lipinski definition) is 1. The highest BCUT2D eigenvalue weighted by atomic mass is 79.9. The Bertz CT molecular complexity index is 669. The molecule has 0 atom stereocenters. The van der Waals surface area contributed by atoms with Crippen LogP contribution in [-0.4, -0.2) is 10.8 Å². The molecule has 0 saturated carbocycles. The Kier molecular flexibility index (Phi) is 4.51. The van der Waals surface area contributed by atoms with Gasteiger partial charge in [0, 0.05) is 31.9 Å². The molecule has 1 aromatic carbocycles. The molecule has 2 aromatic rings. The molecule has 1 amide bonds. The third-order valence-corrected chi connectivity index (χ3v) is 4.49. The molecule has 0 saturated heterocycles. The predicted molar refractivity (Wildman–Crippen MR) is 81.0 cm³/mol. The highest BCUT2D eigenvalue weighted by molar-refractivity contribution is 9.10. The zero-order chi connectivity index (χ0) is 14.7. The molecule has 0 radical (unpaired) electrons. The van der Waals surface area contributed by atoms with E-state index in [9.17, 15) is 14.9 Å². The van der Waals surface area contributed by atoms with Crippen LogP contribution in [0.25, 0.3) is 0 Å². The van der Waals surface area contributed by atoms with E-state index in [4.69, 9.17) is 0 Å². The number of nitro groups is 1. The molecule has 7 heteroatoms. The fourth-order valence-corrected chi connectivity index (χ4v) is 3.17. The molecule has 0 fully saturated rings. The zero-order valence-corrected chi connectivity index (χ0v) is 13.0. The molecule has 1 heterocycles. The van der Waals surface area contributed by atoms with Crippen LogP contribution < -0.4 is 5.32 Å². The third kappa shape index (κ3) is 3.23. The summed E-state index contributed by atoms with van der Waals surface area (Å²) in [7, 11) is 0. The maximum absolute atomic E-state index is 12.1. The summed E-state index contributed by atoms with van der Waals surface area (Å²) < 4.78 is 0.971. The third-order valence-electron chi connectivity index (χ3n) is 2.79. The quantitative estimate of drug-likeness (QED) is 0.672. The lowest BCUT2D eigenvalue weighted by atomic mass is 10.1. The monoisotopic (exact) mass is 354 g/mol. The molecule has 1 N–H and O–H groups in total. The first-order valence-corrected chi connectivity index (χ1v) is 7.41. The average molecular weight is 355 g/mol. The van der Waals surface area contributed by atoms with Crippen LogP contribution >= 0.6 is 27.3 Å². The molecule has 0 bridgehead atoms. The van der Waals surface area contributed by atoms with Gasteiger partial charge in [0.05, 0.1) is 11.5 Å². The number of benzene rings is 1. The van der Waals surface area contributed by atoms with Crippen molar-refractivity contribution >= 4 is 38.9 Å². The van der Waals surface area contributed by atoms with Gasteiger partial charge in [-0.25, -0.2) is 0 Å². The second-order valence-corrected chi connectivity index (χ2v) is 6.03. The maximum Gasteiger partial charge on any atom is 0.273 e. The molecule has 2 rings (SSSR count). The second kappa shape index (κ2) is 6.15. The molecule has 1 aromatic heterocycles. The Hall–Kier alpha value is -1.73.